The molecule has 25 heavy (non-hydrogen) atoms. The number of nitro groups is 1. The third kappa shape index (κ3) is 3.69. The number of hydrogen-bond donors (Lipinski definition) is 1. The van der Waals surface area contributed by atoms with E-state index in [9.17, 15) is 14.9 Å². The van der Waals surface area contributed by atoms with E-state index in [4.69, 9.17) is 16.3 Å². The number of anilines is 1. The van der Waals surface area contributed by atoms with Crippen LogP contribution in [-0.2, 0) is 0 Å². The molecule has 8 nitrogen and oxygen atoms in total. The number of rotatable bonds is 6. The standard InChI is InChI=1S/C16H13ClN4O4/c17-11-4-6-12(7-5-11)25-10-8-18-15-14(21(23)24)16(22)20-9-2-1-3-13(20)19-15/h1-7,9,18H,8,10H2. The first-order chi connectivity index (χ1) is 12.1. The predicted octanol–water partition coefficient (Wildman–Crippen LogP) is 2.75. The number of hydrogen-bond acceptors (Lipinski definition) is 6. The molecule has 9 heteroatoms. The number of halogens is 1. The van der Waals surface area contributed by atoms with Gasteiger partial charge in [-0.3, -0.25) is 19.3 Å². The first-order valence-corrected chi connectivity index (χ1v) is 7.72. The third-order valence-corrected chi connectivity index (χ3v) is 3.62. The summed E-state index contributed by atoms with van der Waals surface area (Å²) in [4.78, 5) is 26.9. The van der Waals surface area contributed by atoms with Crippen LogP contribution in [-0.4, -0.2) is 27.5 Å². The average Bonchev–Trinajstić information content (AvgIpc) is 2.60. The first-order valence-electron chi connectivity index (χ1n) is 7.34. The Balaban J connectivity index is 1.76. The van der Waals surface area contributed by atoms with Crippen LogP contribution in [0.25, 0.3) is 5.65 Å². The third-order valence-electron chi connectivity index (χ3n) is 3.37. The lowest BCUT2D eigenvalue weighted by molar-refractivity contribution is -0.385. The second-order valence-corrected chi connectivity index (χ2v) is 5.47. The Morgan fingerprint density at radius 2 is 2.00 bits per heavy atom. The fourth-order valence-corrected chi connectivity index (χ4v) is 2.36. The molecule has 0 saturated heterocycles. The molecule has 3 rings (SSSR count). The average molecular weight is 361 g/mol. The number of nitrogens with zero attached hydrogens (tertiary/aromatic N) is 3. The maximum atomic E-state index is 12.3. The van der Waals surface area contributed by atoms with Crippen molar-refractivity contribution in [1.29, 1.82) is 0 Å². The molecule has 0 bridgehead atoms. The summed E-state index contributed by atoms with van der Waals surface area (Å²) in [7, 11) is 0. The van der Waals surface area contributed by atoms with Gasteiger partial charge in [0.05, 0.1) is 11.5 Å². The van der Waals surface area contributed by atoms with E-state index in [0.717, 1.165) is 4.40 Å². The Bertz CT molecular complexity index is 972. The summed E-state index contributed by atoms with van der Waals surface area (Å²) in [6, 6.07) is 11.7. The molecule has 0 aliphatic heterocycles. The molecule has 0 unspecified atom stereocenters. The van der Waals surface area contributed by atoms with E-state index in [1.54, 1.807) is 42.5 Å². The number of pyridine rings is 1. The summed E-state index contributed by atoms with van der Waals surface area (Å²) >= 11 is 5.79. The smallest absolute Gasteiger partial charge is 0.376 e. The van der Waals surface area contributed by atoms with Crippen LogP contribution in [0.5, 0.6) is 5.75 Å². The Hall–Kier alpha value is -3.13. The van der Waals surface area contributed by atoms with Crippen molar-refractivity contribution in [3.63, 3.8) is 0 Å². The van der Waals surface area contributed by atoms with E-state index in [-0.39, 0.29) is 19.0 Å². The highest BCUT2D eigenvalue weighted by molar-refractivity contribution is 6.30. The van der Waals surface area contributed by atoms with Gasteiger partial charge in [-0.2, -0.15) is 0 Å². The summed E-state index contributed by atoms with van der Waals surface area (Å²) in [5, 5.41) is 14.6. The molecule has 0 saturated carbocycles. The van der Waals surface area contributed by atoms with E-state index in [0.29, 0.717) is 16.4 Å². The molecule has 0 radical (unpaired) electrons. The molecule has 0 fully saturated rings. The summed E-state index contributed by atoms with van der Waals surface area (Å²) in [6.45, 7) is 0.466. The summed E-state index contributed by atoms with van der Waals surface area (Å²) in [6.07, 6.45) is 1.44. The van der Waals surface area contributed by atoms with E-state index >= 15 is 0 Å². The summed E-state index contributed by atoms with van der Waals surface area (Å²) in [5.41, 5.74) is -1.02. The summed E-state index contributed by atoms with van der Waals surface area (Å²) < 4.78 is 6.63. The van der Waals surface area contributed by atoms with Crippen molar-refractivity contribution in [2.24, 2.45) is 0 Å². The van der Waals surface area contributed by atoms with Crippen LogP contribution in [0, 0.1) is 10.1 Å². The lowest BCUT2D eigenvalue weighted by Gasteiger charge is -2.09. The van der Waals surface area contributed by atoms with Crippen LogP contribution in [0.15, 0.2) is 53.5 Å². The minimum atomic E-state index is -0.739. The zero-order valence-corrected chi connectivity index (χ0v) is 13.6. The van der Waals surface area contributed by atoms with Gasteiger partial charge in [0, 0.05) is 11.2 Å². The maximum absolute atomic E-state index is 12.3. The second-order valence-electron chi connectivity index (χ2n) is 5.03. The van der Waals surface area contributed by atoms with Gasteiger partial charge >= 0.3 is 11.2 Å². The van der Waals surface area contributed by atoms with E-state index in [1.807, 2.05) is 0 Å². The molecule has 0 aliphatic rings. The Morgan fingerprint density at radius 1 is 1.24 bits per heavy atom. The highest BCUT2D eigenvalue weighted by Gasteiger charge is 2.23. The van der Waals surface area contributed by atoms with Gasteiger partial charge in [-0.1, -0.05) is 17.7 Å². The molecule has 0 atom stereocenters. The van der Waals surface area contributed by atoms with Crippen molar-refractivity contribution in [1.82, 2.24) is 9.38 Å². The van der Waals surface area contributed by atoms with Gasteiger partial charge < -0.3 is 10.1 Å². The fraction of sp³-hybridized carbons (Fsp3) is 0.125. The van der Waals surface area contributed by atoms with Crippen LogP contribution >= 0.6 is 11.6 Å². The van der Waals surface area contributed by atoms with Crippen molar-refractivity contribution in [3.8, 4) is 5.75 Å². The fourth-order valence-electron chi connectivity index (χ4n) is 2.24. The highest BCUT2D eigenvalue weighted by Crippen LogP contribution is 2.18. The molecular weight excluding hydrogens is 348 g/mol. The Morgan fingerprint density at radius 3 is 2.72 bits per heavy atom. The highest BCUT2D eigenvalue weighted by atomic mass is 35.5. The number of benzene rings is 1. The Kier molecular flexibility index (Phi) is 4.80. The monoisotopic (exact) mass is 360 g/mol. The molecular formula is C16H13ClN4O4. The topological polar surface area (TPSA) is 98.8 Å². The van der Waals surface area contributed by atoms with E-state index in [2.05, 4.69) is 10.3 Å². The number of fused-ring (bicyclic) bond motifs is 1. The van der Waals surface area contributed by atoms with Gasteiger partial charge in [-0.15, -0.1) is 0 Å². The minimum Gasteiger partial charge on any atom is -0.492 e. The van der Waals surface area contributed by atoms with Crippen LogP contribution in [0.1, 0.15) is 0 Å². The van der Waals surface area contributed by atoms with E-state index < -0.39 is 16.2 Å². The molecule has 1 aromatic carbocycles. The molecule has 0 amide bonds. The van der Waals surface area contributed by atoms with Crippen molar-refractivity contribution in [2.45, 2.75) is 0 Å². The number of aromatic nitrogens is 2. The van der Waals surface area contributed by atoms with Crippen LogP contribution in [0.4, 0.5) is 11.5 Å². The SMILES string of the molecule is O=c1c([N+](=O)[O-])c(NCCOc2ccc(Cl)cc2)nc2ccccn12. The number of nitrogens with one attached hydrogen (secondary N) is 1. The molecule has 3 aromatic rings. The minimum absolute atomic E-state index is 0.0825. The molecule has 1 N–H and O–H groups in total. The van der Waals surface area contributed by atoms with Crippen molar-refractivity contribution in [2.75, 3.05) is 18.5 Å². The van der Waals surface area contributed by atoms with Gasteiger partial charge in [-0.25, -0.2) is 4.98 Å². The largest absolute Gasteiger partial charge is 0.492 e. The lowest BCUT2D eigenvalue weighted by Crippen LogP contribution is -2.22. The second kappa shape index (κ2) is 7.18. The molecule has 2 aromatic heterocycles. The quantitative estimate of drug-likeness (QED) is 0.412. The lowest BCUT2D eigenvalue weighted by atomic mass is 10.3. The molecule has 2 heterocycles. The molecule has 0 spiro atoms. The van der Waals surface area contributed by atoms with Gasteiger partial charge in [0.2, 0.25) is 5.82 Å². The summed E-state index contributed by atoms with van der Waals surface area (Å²) in [5.74, 6) is 0.535. The van der Waals surface area contributed by atoms with Gasteiger partial charge in [-0.05, 0) is 36.4 Å². The Labute approximate surface area is 146 Å². The van der Waals surface area contributed by atoms with Crippen molar-refractivity contribution < 1.29 is 9.66 Å². The van der Waals surface area contributed by atoms with Crippen LogP contribution < -0.4 is 15.6 Å². The van der Waals surface area contributed by atoms with Crippen LogP contribution in [0.3, 0.4) is 0 Å². The maximum Gasteiger partial charge on any atom is 0.376 e. The van der Waals surface area contributed by atoms with Gasteiger partial charge in [0.1, 0.15) is 18.0 Å². The zero-order valence-electron chi connectivity index (χ0n) is 12.9. The first kappa shape index (κ1) is 16.7. The van der Waals surface area contributed by atoms with Crippen LogP contribution in [0.2, 0.25) is 5.02 Å². The molecule has 0 aliphatic carbocycles. The normalized spacial score (nSPS) is 10.6. The zero-order chi connectivity index (χ0) is 17.8. The van der Waals surface area contributed by atoms with Crippen molar-refractivity contribution in [3.05, 3.63) is 74.2 Å². The van der Waals surface area contributed by atoms with Gasteiger partial charge in [0.15, 0.2) is 0 Å². The van der Waals surface area contributed by atoms with E-state index in [1.165, 1.54) is 6.20 Å². The number of ether oxygens (including phenoxy) is 1. The van der Waals surface area contributed by atoms with Gasteiger partial charge in [0.25, 0.3) is 0 Å². The predicted molar refractivity (Wildman–Crippen MR) is 93.6 cm³/mol. The van der Waals surface area contributed by atoms with Crippen molar-refractivity contribution >= 4 is 28.8 Å². The molecule has 128 valence electrons.